The fraction of sp³-hybridized carbons (Fsp3) is 0.494. The predicted molar refractivity (Wildman–Crippen MR) is 441 cm³/mol. The summed E-state index contributed by atoms with van der Waals surface area (Å²) >= 11 is 1.22. The number of imidazole rings is 1. The van der Waals surface area contributed by atoms with Gasteiger partial charge < -0.3 is 121 Å². The van der Waals surface area contributed by atoms with Crippen LogP contribution < -0.4 is 86.3 Å². The number of nitrogens with two attached hydrogens (primary N) is 3. The molecule has 0 radical (unpaired) electrons. The van der Waals surface area contributed by atoms with E-state index < -0.39 is 212 Å². The molecule has 658 valence electrons. The van der Waals surface area contributed by atoms with Crippen molar-refractivity contribution in [2.75, 3.05) is 51.4 Å². The Kier molecular flexibility index (Phi) is 39.8. The van der Waals surface area contributed by atoms with Crippen molar-refractivity contribution < 1.29 is 96.8 Å². The van der Waals surface area contributed by atoms with Gasteiger partial charge in [-0.05, 0) is 117 Å². The van der Waals surface area contributed by atoms with Gasteiger partial charge in [0.1, 0.15) is 84.9 Å². The lowest BCUT2D eigenvalue weighted by Crippen LogP contribution is -2.61. The Balaban J connectivity index is 1.25. The number of guanidine groups is 1. The summed E-state index contributed by atoms with van der Waals surface area (Å²) in [7, 11) is 0. The molecule has 1 aliphatic rings. The number of carboxylic acids is 1. The van der Waals surface area contributed by atoms with Crippen LogP contribution in [0.15, 0.2) is 97.6 Å². The van der Waals surface area contributed by atoms with E-state index in [0.29, 0.717) is 46.9 Å². The fourth-order valence-electron chi connectivity index (χ4n) is 13.1. The number of carboxylic acid groups (broad SMARTS) is 1. The van der Waals surface area contributed by atoms with Gasteiger partial charge in [-0.15, -0.1) is 0 Å². The molecule has 25 N–H and O–H groups in total. The number of aromatic nitrogens is 3. The van der Waals surface area contributed by atoms with Crippen molar-refractivity contribution in [1.82, 2.24) is 89.0 Å². The number of aromatic amines is 2. The van der Waals surface area contributed by atoms with Crippen LogP contribution in [0.3, 0.4) is 0 Å². The molecular formula is C79H111N21O20S. The van der Waals surface area contributed by atoms with E-state index in [1.54, 1.807) is 80.9 Å². The topological polar surface area (TPSA) is 649 Å². The highest BCUT2D eigenvalue weighted by atomic mass is 32.2. The van der Waals surface area contributed by atoms with E-state index in [9.17, 15) is 77.6 Å². The number of unbranched alkanes of at least 4 members (excludes halogenated alkanes) is 1. The number of hydrogen-bond donors (Lipinski definition) is 22. The van der Waals surface area contributed by atoms with Gasteiger partial charge in [0, 0.05) is 82.3 Å². The molecule has 121 heavy (non-hydrogen) atoms. The number of ether oxygens (including phenoxy) is 1. The van der Waals surface area contributed by atoms with E-state index >= 15 is 14.4 Å². The zero-order chi connectivity index (χ0) is 88.8. The van der Waals surface area contributed by atoms with Crippen molar-refractivity contribution in [2.24, 2.45) is 23.1 Å². The van der Waals surface area contributed by atoms with Crippen LogP contribution in [0.4, 0.5) is 0 Å². The number of carbonyl (C=O) groups excluding carboxylic acids is 15. The lowest BCUT2D eigenvalue weighted by molar-refractivity contribution is -0.144. The van der Waals surface area contributed by atoms with Gasteiger partial charge >= 0.3 is 11.9 Å². The third-order valence-electron chi connectivity index (χ3n) is 19.5. The minimum atomic E-state index is -1.86. The molecular weight excluding hydrogens is 1600 g/mol. The number of fused-ring (bicyclic) bond motifs is 1. The normalized spacial score (nSPS) is 15.1. The van der Waals surface area contributed by atoms with E-state index in [1.807, 2.05) is 0 Å². The molecule has 0 bridgehead atoms. The molecule has 42 heteroatoms. The molecule has 2 aromatic heterocycles. The molecule has 5 aromatic rings. The second-order valence-electron chi connectivity index (χ2n) is 29.3. The van der Waals surface area contributed by atoms with Crippen molar-refractivity contribution in [1.29, 1.82) is 5.41 Å². The zero-order valence-electron chi connectivity index (χ0n) is 67.9. The third-order valence-corrected chi connectivity index (χ3v) is 20.1. The number of hydrogen-bond acceptors (Lipinski definition) is 23. The number of aliphatic hydroxyl groups excluding tert-OH is 1. The van der Waals surface area contributed by atoms with Gasteiger partial charge in [0.05, 0.1) is 25.2 Å². The number of aliphatic hydroxyl groups is 1. The van der Waals surface area contributed by atoms with E-state index in [-0.39, 0.29) is 94.1 Å². The highest BCUT2D eigenvalue weighted by Crippen LogP contribution is 2.23. The number of nitrogens with zero attached hydrogens (tertiary/aromatic N) is 2. The van der Waals surface area contributed by atoms with Crippen LogP contribution in [-0.2, 0) is 107 Å². The summed E-state index contributed by atoms with van der Waals surface area (Å²) in [6.07, 6.45) is 4.57. The van der Waals surface area contributed by atoms with Crippen LogP contribution in [0, 0.1) is 11.3 Å². The summed E-state index contributed by atoms with van der Waals surface area (Å²) in [4.78, 5) is 233. The Labute approximate surface area is 701 Å². The number of esters is 1. The van der Waals surface area contributed by atoms with Crippen molar-refractivity contribution in [3.63, 3.8) is 0 Å². The number of primary amides is 1. The summed E-state index contributed by atoms with van der Waals surface area (Å²) in [6, 6.07) is 2.74. The summed E-state index contributed by atoms with van der Waals surface area (Å²) in [5.74, 6) is -15.9. The minimum Gasteiger partial charge on any atom is -0.508 e. The Morgan fingerprint density at radius 1 is 0.595 bits per heavy atom. The van der Waals surface area contributed by atoms with Crippen LogP contribution in [0.25, 0.3) is 10.9 Å². The van der Waals surface area contributed by atoms with Crippen molar-refractivity contribution in [3.05, 3.63) is 120 Å². The van der Waals surface area contributed by atoms with Gasteiger partial charge in [-0.25, -0.2) is 4.98 Å². The smallest absolute Gasteiger partial charge is 0.303 e. The molecule has 6 rings (SSSR count). The second kappa shape index (κ2) is 49.6. The Morgan fingerprint density at radius 2 is 1.13 bits per heavy atom. The summed E-state index contributed by atoms with van der Waals surface area (Å²) in [6.45, 7) is 3.45. The third kappa shape index (κ3) is 32.5. The molecule has 0 aliphatic carbocycles. The Hall–Kier alpha value is -12.7. The average Bonchev–Trinajstić information content (AvgIpc) is 1.72. The second-order valence-corrected chi connectivity index (χ2v) is 30.2. The highest BCUT2D eigenvalue weighted by molar-refractivity contribution is 7.98. The summed E-state index contributed by atoms with van der Waals surface area (Å²) in [5.41, 5.74) is 19.2. The minimum absolute atomic E-state index is 0.00923. The molecule has 14 amide bonds. The van der Waals surface area contributed by atoms with Gasteiger partial charge in [-0.1, -0.05) is 74.5 Å². The fourth-order valence-corrected chi connectivity index (χ4v) is 13.6. The number of thioether (sulfide) groups is 1. The first-order valence-electron chi connectivity index (χ1n) is 39.4. The predicted octanol–water partition coefficient (Wildman–Crippen LogP) is -3.97. The molecule has 12 unspecified atom stereocenters. The standard InChI is InChI=1S/C79H111N21O20S/c1-43(2)66(67(81)108)99-77(118)63-21-14-31-100(63)78(119)56(19-11-12-29-80)90-64(105)39-87-68(109)59(35-48-37-86-52-18-10-9-17-51(48)52)96-69(110)53(20-13-30-85-79(82)83)91-72(113)57(33-46-15-7-6-8-16-46)94-74(115)60(36-49-38-84-42-88-49)97-70(111)54(26-27-65(106)107)92-71(112)55(28-32-121-5)93-75(116)61(40-101)98-73(114)58(34-47-22-24-50(104)25-23-47)95-76(117)62(89-44(3)102)41-120-45(4)103/h6-10,15-18,22-25,37-38,42-43,53-63,66,86,101,104H,11-14,19-21,26-36,39-41,80H2,1-5H3,(H2,81,108)(H,84,88)(H,87,109)(H,89,102)(H,90,105)(H,91,113)(H,92,112)(H,93,116)(H,94,115)(H,95,117)(H,96,110)(H,97,111)(H,98,114)(H,99,118)(H,106,107)(H4,82,83,85). The number of nitrogens with one attached hydrogen (secondary N) is 16. The lowest BCUT2D eigenvalue weighted by atomic mass is 10.0. The van der Waals surface area contributed by atoms with E-state index in [4.69, 9.17) is 27.3 Å². The number of aromatic hydroxyl groups is 1. The number of amides is 14. The van der Waals surface area contributed by atoms with Crippen molar-refractivity contribution >= 4 is 123 Å². The quantitative estimate of drug-likeness (QED) is 0.00764. The van der Waals surface area contributed by atoms with Gasteiger partial charge in [-0.3, -0.25) is 82.1 Å². The number of H-pyrrole nitrogens is 2. The molecule has 41 nitrogen and oxygen atoms in total. The summed E-state index contributed by atoms with van der Waals surface area (Å²) in [5, 5.41) is 72.3. The van der Waals surface area contributed by atoms with Gasteiger partial charge in [-0.2, -0.15) is 11.8 Å². The average molecular weight is 1710 g/mol. The maximum atomic E-state index is 15.2. The van der Waals surface area contributed by atoms with Crippen LogP contribution >= 0.6 is 11.8 Å². The SMILES string of the molecule is CSCCC(NC(=O)C(CO)NC(=O)C(Cc1ccc(O)cc1)NC(=O)C(COC(C)=O)NC(C)=O)C(=O)NC(CCC(=O)O)C(=O)NC(Cc1c[nH]cn1)C(=O)NC(Cc1ccccc1)C(=O)NC(CCCNC(=N)N)C(=O)NC(Cc1c[nH]c2ccccc12)C(=O)NCC(=O)NC(CCCCN)C(=O)N1CCCC1C(=O)NC(C(N)=O)C(C)C. The number of aliphatic carboxylic acids is 1. The maximum Gasteiger partial charge on any atom is 0.303 e. The van der Waals surface area contributed by atoms with E-state index in [1.165, 1.54) is 53.5 Å². The van der Waals surface area contributed by atoms with Crippen molar-refractivity contribution in [3.8, 4) is 5.75 Å². The monoisotopic (exact) mass is 1710 g/mol. The first-order chi connectivity index (χ1) is 57.7. The number of likely N-dealkylation sites (tertiary alicyclic amines) is 1. The number of benzene rings is 3. The highest BCUT2D eigenvalue weighted by Gasteiger charge is 2.41. The van der Waals surface area contributed by atoms with Crippen LogP contribution in [0.1, 0.15) is 114 Å². The molecule has 3 heterocycles. The first kappa shape index (κ1) is 97.1. The Bertz CT molecular complexity index is 4380. The number of para-hydroxylation sites is 1. The number of carbonyl (C=O) groups is 16. The lowest BCUT2D eigenvalue weighted by Gasteiger charge is -2.30. The molecule has 1 saturated heterocycles. The molecule has 12 atom stereocenters. The first-order valence-corrected chi connectivity index (χ1v) is 40.8. The number of phenolic OH excluding ortho intramolecular Hbond substituents is 1. The molecule has 0 spiro atoms. The molecule has 3 aromatic carbocycles. The Morgan fingerprint density at radius 3 is 1.69 bits per heavy atom. The number of phenols is 1. The zero-order valence-corrected chi connectivity index (χ0v) is 68.7. The van der Waals surface area contributed by atoms with E-state index in [2.05, 4.69) is 84.1 Å². The largest absolute Gasteiger partial charge is 0.508 e. The van der Waals surface area contributed by atoms with Gasteiger partial charge in [0.2, 0.25) is 82.7 Å². The molecule has 1 aliphatic heterocycles. The maximum absolute atomic E-state index is 15.2. The van der Waals surface area contributed by atoms with Crippen LogP contribution in [0.5, 0.6) is 5.75 Å². The number of rotatable bonds is 51. The van der Waals surface area contributed by atoms with Gasteiger partial charge in [0.25, 0.3) is 0 Å². The van der Waals surface area contributed by atoms with E-state index in [0.717, 1.165) is 13.8 Å². The molecule has 0 saturated carbocycles. The summed E-state index contributed by atoms with van der Waals surface area (Å²) < 4.78 is 4.95. The van der Waals surface area contributed by atoms with Gasteiger partial charge in [0.15, 0.2) is 5.96 Å². The van der Waals surface area contributed by atoms with Crippen molar-refractivity contribution in [2.45, 2.75) is 190 Å². The van der Waals surface area contributed by atoms with Crippen LogP contribution in [-0.4, -0.2) is 260 Å². The molecule has 1 fully saturated rings. The van der Waals surface area contributed by atoms with Crippen LogP contribution in [0.2, 0.25) is 0 Å².